The Morgan fingerprint density at radius 2 is 1.77 bits per heavy atom. The lowest BCUT2D eigenvalue weighted by Crippen LogP contribution is -2.02. The van der Waals surface area contributed by atoms with Gasteiger partial charge in [-0.05, 0) is 127 Å². The largest absolute Gasteiger partial charge is 0.478 e. The number of carbonyl (C=O) groups is 1. The summed E-state index contributed by atoms with van der Waals surface area (Å²) in [5.41, 5.74) is 11.8. The van der Waals surface area contributed by atoms with Gasteiger partial charge < -0.3 is 5.11 Å². The summed E-state index contributed by atoms with van der Waals surface area (Å²) in [6.45, 7) is 6.12. The lowest BCUT2D eigenvalue weighted by molar-refractivity contribution is 0.0696. The number of aryl methyl sites for hydroxylation is 3. The molecule has 3 aromatic rings. The molecule has 1 aliphatic rings. The van der Waals surface area contributed by atoms with Gasteiger partial charge in [0.1, 0.15) is 0 Å². The van der Waals surface area contributed by atoms with Gasteiger partial charge in [-0.1, -0.05) is 73.0 Å². The standard InChI is InChI=1S/C35H38ClFO2/c1-4-25(9-6-5-7-18-37)21-26-12-14-27(15-13-26)34-30-17-16-29(35(38)39)22-28(30)10-8-11-31(34)33-24(3)19-23(2)20-32(33)36/h12-17,19-22H,4-11,18H2,1-3H3,(H,38,39)/b25-21-. The molecular weight excluding hydrogens is 507 g/mol. The molecule has 0 atom stereocenters. The molecule has 0 saturated carbocycles. The molecule has 0 saturated heterocycles. The molecule has 0 amide bonds. The molecule has 1 aliphatic carbocycles. The van der Waals surface area contributed by atoms with Crippen LogP contribution in [0.25, 0.3) is 17.2 Å². The Balaban J connectivity index is 1.83. The Labute approximate surface area is 237 Å². The van der Waals surface area contributed by atoms with E-state index in [2.05, 4.69) is 57.2 Å². The lowest BCUT2D eigenvalue weighted by Gasteiger charge is -2.20. The second kappa shape index (κ2) is 13.3. The predicted octanol–water partition coefficient (Wildman–Crippen LogP) is 10.3. The van der Waals surface area contributed by atoms with Gasteiger partial charge in [0.25, 0.3) is 0 Å². The summed E-state index contributed by atoms with van der Waals surface area (Å²) < 4.78 is 12.5. The molecular formula is C35H38ClFO2. The van der Waals surface area contributed by atoms with Crippen LogP contribution in [0.5, 0.6) is 0 Å². The van der Waals surface area contributed by atoms with Crippen LogP contribution in [-0.4, -0.2) is 17.8 Å². The summed E-state index contributed by atoms with van der Waals surface area (Å²) in [7, 11) is 0. The molecule has 0 bridgehead atoms. The molecule has 0 heterocycles. The molecule has 3 aromatic carbocycles. The molecule has 0 radical (unpaired) electrons. The van der Waals surface area contributed by atoms with Crippen LogP contribution >= 0.6 is 11.6 Å². The third-order valence-corrected chi connectivity index (χ3v) is 7.98. The SMILES string of the molecule is CC/C(=C/c1ccc(C2=C(c3c(C)cc(C)cc3Cl)CCCc3cc(C(=O)O)ccc32)cc1)CCCCCF. The molecule has 0 unspecified atom stereocenters. The molecule has 0 fully saturated rings. The maximum Gasteiger partial charge on any atom is 0.335 e. The number of rotatable bonds is 10. The van der Waals surface area contributed by atoms with Crippen molar-refractivity contribution in [1.29, 1.82) is 0 Å². The van der Waals surface area contributed by atoms with Crippen LogP contribution < -0.4 is 0 Å². The fraction of sp³-hybridized carbons (Fsp3) is 0.343. The number of aromatic carboxylic acids is 1. The predicted molar refractivity (Wildman–Crippen MR) is 162 cm³/mol. The minimum atomic E-state index is -0.905. The first-order valence-corrected chi connectivity index (χ1v) is 14.4. The van der Waals surface area contributed by atoms with Gasteiger partial charge in [0.15, 0.2) is 0 Å². The monoisotopic (exact) mass is 544 g/mol. The van der Waals surface area contributed by atoms with Crippen molar-refractivity contribution in [2.75, 3.05) is 6.67 Å². The summed E-state index contributed by atoms with van der Waals surface area (Å²) in [5, 5.41) is 10.4. The fourth-order valence-corrected chi connectivity index (χ4v) is 6.19. The molecule has 4 rings (SSSR count). The third-order valence-electron chi connectivity index (χ3n) is 7.69. The van der Waals surface area contributed by atoms with E-state index in [0.29, 0.717) is 12.0 Å². The Kier molecular flexibility index (Phi) is 9.80. The van der Waals surface area contributed by atoms with Crippen molar-refractivity contribution < 1.29 is 14.3 Å². The number of alkyl halides is 1. The van der Waals surface area contributed by atoms with E-state index in [-0.39, 0.29) is 6.67 Å². The molecule has 2 nitrogen and oxygen atoms in total. The summed E-state index contributed by atoms with van der Waals surface area (Å²) >= 11 is 6.89. The van der Waals surface area contributed by atoms with Crippen LogP contribution in [-0.2, 0) is 6.42 Å². The van der Waals surface area contributed by atoms with Crippen LogP contribution in [0.2, 0.25) is 5.02 Å². The number of carboxylic acids is 1. The van der Waals surface area contributed by atoms with Crippen LogP contribution in [0.4, 0.5) is 4.39 Å². The van der Waals surface area contributed by atoms with E-state index in [1.54, 1.807) is 6.07 Å². The van der Waals surface area contributed by atoms with E-state index in [4.69, 9.17) is 11.6 Å². The molecule has 1 N–H and O–H groups in total. The average Bonchev–Trinajstić information content (AvgIpc) is 3.09. The number of halogens is 2. The van der Waals surface area contributed by atoms with E-state index < -0.39 is 5.97 Å². The van der Waals surface area contributed by atoms with Gasteiger partial charge in [-0.15, -0.1) is 0 Å². The van der Waals surface area contributed by atoms with Crippen LogP contribution in [0, 0.1) is 13.8 Å². The van der Waals surface area contributed by atoms with Crippen molar-refractivity contribution in [3.63, 3.8) is 0 Å². The average molecular weight is 545 g/mol. The van der Waals surface area contributed by atoms with Gasteiger partial charge in [0, 0.05) is 5.02 Å². The summed E-state index contributed by atoms with van der Waals surface area (Å²) in [6, 6.07) is 18.4. The smallest absolute Gasteiger partial charge is 0.335 e. The van der Waals surface area contributed by atoms with Gasteiger partial charge in [0.2, 0.25) is 0 Å². The van der Waals surface area contributed by atoms with Gasteiger partial charge in [0.05, 0.1) is 12.2 Å². The minimum Gasteiger partial charge on any atom is -0.478 e. The van der Waals surface area contributed by atoms with E-state index in [9.17, 15) is 14.3 Å². The van der Waals surface area contributed by atoms with Gasteiger partial charge in [-0.25, -0.2) is 4.79 Å². The van der Waals surface area contributed by atoms with Crippen molar-refractivity contribution in [2.45, 2.75) is 72.1 Å². The summed E-state index contributed by atoms with van der Waals surface area (Å²) in [6.07, 6.45) is 9.42. The van der Waals surface area contributed by atoms with Crippen LogP contribution in [0.1, 0.15) is 101 Å². The number of benzene rings is 3. The van der Waals surface area contributed by atoms with Gasteiger partial charge in [-0.2, -0.15) is 0 Å². The van der Waals surface area contributed by atoms with E-state index in [0.717, 1.165) is 94.5 Å². The zero-order chi connectivity index (χ0) is 27.9. The maximum absolute atomic E-state index is 12.5. The first-order valence-electron chi connectivity index (χ1n) is 14.0. The third kappa shape index (κ3) is 6.89. The highest BCUT2D eigenvalue weighted by molar-refractivity contribution is 6.33. The quantitative estimate of drug-likeness (QED) is 0.258. The van der Waals surface area contributed by atoms with Crippen molar-refractivity contribution in [2.24, 2.45) is 0 Å². The van der Waals surface area contributed by atoms with Crippen molar-refractivity contribution in [3.05, 3.63) is 110 Å². The van der Waals surface area contributed by atoms with E-state index >= 15 is 0 Å². The highest BCUT2D eigenvalue weighted by atomic mass is 35.5. The second-order valence-electron chi connectivity index (χ2n) is 10.6. The number of allylic oxidation sites excluding steroid dienone is 2. The van der Waals surface area contributed by atoms with Crippen LogP contribution in [0.15, 0.2) is 60.2 Å². The number of hydrogen-bond acceptors (Lipinski definition) is 1. The number of carboxylic acid groups (broad SMARTS) is 1. The van der Waals surface area contributed by atoms with Gasteiger partial charge >= 0.3 is 5.97 Å². The van der Waals surface area contributed by atoms with E-state index in [1.165, 1.54) is 11.1 Å². The van der Waals surface area contributed by atoms with E-state index in [1.807, 2.05) is 18.2 Å². The van der Waals surface area contributed by atoms with Crippen molar-refractivity contribution in [1.82, 2.24) is 0 Å². The number of hydrogen-bond donors (Lipinski definition) is 1. The Bertz CT molecular complexity index is 1380. The number of unbranched alkanes of at least 4 members (excludes halogenated alkanes) is 2. The normalized spacial score (nSPS) is 13.8. The molecule has 4 heteroatoms. The van der Waals surface area contributed by atoms with Crippen molar-refractivity contribution in [3.8, 4) is 0 Å². The summed E-state index contributed by atoms with van der Waals surface area (Å²) in [4.78, 5) is 11.7. The molecule has 0 aromatic heterocycles. The lowest BCUT2D eigenvalue weighted by atomic mass is 9.85. The van der Waals surface area contributed by atoms with Gasteiger partial charge in [-0.3, -0.25) is 4.39 Å². The molecule has 39 heavy (non-hydrogen) atoms. The molecule has 0 spiro atoms. The fourth-order valence-electron chi connectivity index (χ4n) is 5.75. The zero-order valence-electron chi connectivity index (χ0n) is 23.2. The summed E-state index contributed by atoms with van der Waals surface area (Å²) in [5.74, 6) is -0.905. The van der Waals surface area contributed by atoms with Crippen molar-refractivity contribution >= 4 is 34.8 Å². The zero-order valence-corrected chi connectivity index (χ0v) is 24.0. The second-order valence-corrected chi connectivity index (χ2v) is 11.0. The molecule has 0 aliphatic heterocycles. The highest BCUT2D eigenvalue weighted by Gasteiger charge is 2.23. The maximum atomic E-state index is 12.5. The Morgan fingerprint density at radius 3 is 2.44 bits per heavy atom. The first-order chi connectivity index (χ1) is 18.8. The first kappa shape index (κ1) is 28.8. The molecule has 204 valence electrons. The van der Waals surface area contributed by atoms with Crippen LogP contribution in [0.3, 0.4) is 0 Å². The minimum absolute atomic E-state index is 0.238. The topological polar surface area (TPSA) is 37.3 Å². The number of fused-ring (bicyclic) bond motifs is 1. The Morgan fingerprint density at radius 1 is 1.00 bits per heavy atom. The highest BCUT2D eigenvalue weighted by Crippen LogP contribution is 2.43. The Hall–Kier alpha value is -3.17.